The van der Waals surface area contributed by atoms with Gasteiger partial charge in [-0.3, -0.25) is 9.59 Å². The number of nitrogens with zero attached hydrogens (tertiary/aromatic N) is 1. The molecule has 162 valence electrons. The van der Waals surface area contributed by atoms with Crippen LogP contribution in [0.1, 0.15) is 44.7 Å². The fraction of sp³-hybridized carbons (Fsp3) is 0.417. The van der Waals surface area contributed by atoms with Crippen molar-refractivity contribution in [1.29, 1.82) is 0 Å². The molecule has 0 aromatic heterocycles. The van der Waals surface area contributed by atoms with E-state index >= 15 is 0 Å². The number of hydrogen-bond acceptors (Lipinski definition) is 2. The van der Waals surface area contributed by atoms with Crippen LogP contribution in [0.25, 0.3) is 0 Å². The second kappa shape index (κ2) is 12.0. The molecule has 4 nitrogen and oxygen atoms in total. The summed E-state index contributed by atoms with van der Waals surface area (Å²) in [7, 11) is 0. The molecule has 2 rings (SSSR count). The molecular formula is C24H30Cl2N2O2. The monoisotopic (exact) mass is 448 g/mol. The van der Waals surface area contributed by atoms with Crippen molar-refractivity contribution in [1.82, 2.24) is 10.2 Å². The maximum Gasteiger partial charge on any atom is 0.243 e. The quantitative estimate of drug-likeness (QED) is 0.520. The number of nitrogens with one attached hydrogen (secondary N) is 1. The molecule has 0 spiro atoms. The Morgan fingerprint density at radius 3 is 2.30 bits per heavy atom. The van der Waals surface area contributed by atoms with Gasteiger partial charge in [0.25, 0.3) is 0 Å². The molecule has 2 amide bonds. The van der Waals surface area contributed by atoms with E-state index in [2.05, 4.69) is 5.32 Å². The molecular weight excluding hydrogens is 419 g/mol. The zero-order valence-corrected chi connectivity index (χ0v) is 19.3. The van der Waals surface area contributed by atoms with Crippen molar-refractivity contribution in [3.63, 3.8) is 0 Å². The van der Waals surface area contributed by atoms with E-state index in [1.54, 1.807) is 17.0 Å². The predicted molar refractivity (Wildman–Crippen MR) is 124 cm³/mol. The lowest BCUT2D eigenvalue weighted by Crippen LogP contribution is -2.51. The maximum absolute atomic E-state index is 13.2. The summed E-state index contributed by atoms with van der Waals surface area (Å²) >= 11 is 12.2. The summed E-state index contributed by atoms with van der Waals surface area (Å²) in [6, 6.07) is 14.5. The Morgan fingerprint density at radius 1 is 1.00 bits per heavy atom. The Labute approximate surface area is 189 Å². The van der Waals surface area contributed by atoms with Crippen molar-refractivity contribution in [2.45, 2.75) is 52.6 Å². The van der Waals surface area contributed by atoms with Gasteiger partial charge in [-0.05, 0) is 35.6 Å². The summed E-state index contributed by atoms with van der Waals surface area (Å²) in [5.41, 5.74) is 1.84. The van der Waals surface area contributed by atoms with Crippen LogP contribution in [0, 0.1) is 5.92 Å². The molecule has 2 aromatic carbocycles. The van der Waals surface area contributed by atoms with Gasteiger partial charge in [0.05, 0.1) is 10.0 Å². The lowest BCUT2D eigenvalue weighted by Gasteiger charge is -2.32. The Balaban J connectivity index is 2.37. The lowest BCUT2D eigenvalue weighted by atomic mass is 10.0. The number of hydrogen-bond donors (Lipinski definition) is 1. The molecule has 6 heteroatoms. The summed E-state index contributed by atoms with van der Waals surface area (Å²) in [4.78, 5) is 27.9. The Morgan fingerprint density at radius 2 is 1.70 bits per heavy atom. The normalized spacial score (nSPS) is 11.9. The van der Waals surface area contributed by atoms with E-state index in [1.165, 1.54) is 0 Å². The molecule has 0 aliphatic rings. The van der Waals surface area contributed by atoms with E-state index in [0.29, 0.717) is 48.3 Å². The van der Waals surface area contributed by atoms with E-state index in [4.69, 9.17) is 23.2 Å². The number of amides is 2. The first kappa shape index (κ1) is 24.2. The molecule has 1 N–H and O–H groups in total. The lowest BCUT2D eigenvalue weighted by molar-refractivity contribution is -0.141. The van der Waals surface area contributed by atoms with E-state index in [0.717, 1.165) is 11.1 Å². The standard InChI is InChI=1S/C24H30Cl2N2O2/c1-4-8-23(29)28(16-19-11-12-20(25)21(26)13-19)22(24(30)27-15-17(2)3)14-18-9-6-5-7-10-18/h5-7,9-13,17,22H,4,8,14-16H2,1-3H3,(H,27,30)/t22-/m1/s1. The van der Waals surface area contributed by atoms with Crippen molar-refractivity contribution in [2.75, 3.05) is 6.54 Å². The van der Waals surface area contributed by atoms with Crippen LogP contribution in [-0.4, -0.2) is 29.3 Å². The highest BCUT2D eigenvalue weighted by atomic mass is 35.5. The van der Waals surface area contributed by atoms with Gasteiger partial charge in [0.2, 0.25) is 11.8 Å². The topological polar surface area (TPSA) is 49.4 Å². The summed E-state index contributed by atoms with van der Waals surface area (Å²) < 4.78 is 0. The van der Waals surface area contributed by atoms with Crippen LogP contribution in [0.5, 0.6) is 0 Å². The van der Waals surface area contributed by atoms with Crippen LogP contribution < -0.4 is 5.32 Å². The average molecular weight is 449 g/mol. The number of carbonyl (C=O) groups is 2. The van der Waals surface area contributed by atoms with E-state index < -0.39 is 6.04 Å². The zero-order valence-electron chi connectivity index (χ0n) is 17.8. The molecule has 30 heavy (non-hydrogen) atoms. The predicted octanol–water partition coefficient (Wildman–Crippen LogP) is 5.51. The Kier molecular flexibility index (Phi) is 9.67. The molecule has 2 aromatic rings. The molecule has 0 radical (unpaired) electrons. The van der Waals surface area contributed by atoms with Gasteiger partial charge in [0.15, 0.2) is 0 Å². The number of halogens is 2. The minimum Gasteiger partial charge on any atom is -0.354 e. The van der Waals surface area contributed by atoms with Crippen molar-refractivity contribution >= 4 is 35.0 Å². The molecule has 0 fully saturated rings. The molecule has 0 unspecified atom stereocenters. The summed E-state index contributed by atoms with van der Waals surface area (Å²) in [5, 5.41) is 3.90. The third-order valence-corrected chi connectivity index (χ3v) is 5.50. The molecule has 0 saturated heterocycles. The average Bonchev–Trinajstić information content (AvgIpc) is 2.72. The molecule has 0 aliphatic carbocycles. The van der Waals surface area contributed by atoms with Gasteiger partial charge in [0.1, 0.15) is 6.04 Å². The van der Waals surface area contributed by atoms with Crippen molar-refractivity contribution in [2.24, 2.45) is 5.92 Å². The molecule has 0 saturated carbocycles. The van der Waals surface area contributed by atoms with E-state index in [-0.39, 0.29) is 11.8 Å². The van der Waals surface area contributed by atoms with Gasteiger partial charge in [-0.15, -0.1) is 0 Å². The Hall–Kier alpha value is -2.04. The number of rotatable bonds is 10. The molecule has 0 bridgehead atoms. The third-order valence-electron chi connectivity index (χ3n) is 4.76. The fourth-order valence-electron chi connectivity index (χ4n) is 3.17. The zero-order chi connectivity index (χ0) is 22.1. The number of carbonyl (C=O) groups excluding carboxylic acids is 2. The fourth-order valence-corrected chi connectivity index (χ4v) is 3.49. The van der Waals surface area contributed by atoms with E-state index in [1.807, 2.05) is 57.2 Å². The van der Waals surface area contributed by atoms with Gasteiger partial charge in [-0.2, -0.15) is 0 Å². The maximum atomic E-state index is 13.2. The van der Waals surface area contributed by atoms with E-state index in [9.17, 15) is 9.59 Å². The van der Waals surface area contributed by atoms with Crippen molar-refractivity contribution < 1.29 is 9.59 Å². The highest BCUT2D eigenvalue weighted by Gasteiger charge is 2.30. The van der Waals surface area contributed by atoms with Gasteiger partial charge in [-0.25, -0.2) is 0 Å². The molecule has 0 aliphatic heterocycles. The SMILES string of the molecule is CCCC(=O)N(Cc1ccc(Cl)c(Cl)c1)[C@H](Cc1ccccc1)C(=O)NCC(C)C. The number of benzene rings is 2. The summed E-state index contributed by atoms with van der Waals surface area (Å²) in [6.07, 6.45) is 1.54. The van der Waals surface area contributed by atoms with Crippen molar-refractivity contribution in [3.05, 3.63) is 69.7 Å². The van der Waals surface area contributed by atoms with Crippen LogP contribution in [0.4, 0.5) is 0 Å². The molecule has 1 atom stereocenters. The minimum atomic E-state index is -0.611. The third kappa shape index (κ3) is 7.33. The van der Waals surface area contributed by atoms with Gasteiger partial charge in [0, 0.05) is 25.9 Å². The van der Waals surface area contributed by atoms with Crippen LogP contribution >= 0.6 is 23.2 Å². The summed E-state index contributed by atoms with van der Waals surface area (Å²) in [6.45, 7) is 6.90. The minimum absolute atomic E-state index is 0.0517. The molecule has 0 heterocycles. The van der Waals surface area contributed by atoms with Crippen LogP contribution in [0.15, 0.2) is 48.5 Å². The largest absolute Gasteiger partial charge is 0.354 e. The van der Waals surface area contributed by atoms with Gasteiger partial charge in [-0.1, -0.05) is 80.4 Å². The first-order valence-electron chi connectivity index (χ1n) is 10.4. The first-order chi connectivity index (χ1) is 14.3. The van der Waals surface area contributed by atoms with Gasteiger partial charge < -0.3 is 10.2 Å². The Bertz CT molecular complexity index is 840. The highest BCUT2D eigenvalue weighted by molar-refractivity contribution is 6.42. The summed E-state index contributed by atoms with van der Waals surface area (Å²) in [5.74, 6) is 0.127. The van der Waals surface area contributed by atoms with Crippen LogP contribution in [-0.2, 0) is 22.6 Å². The highest BCUT2D eigenvalue weighted by Crippen LogP contribution is 2.24. The second-order valence-electron chi connectivity index (χ2n) is 7.86. The first-order valence-corrected chi connectivity index (χ1v) is 11.1. The van der Waals surface area contributed by atoms with Crippen LogP contribution in [0.3, 0.4) is 0 Å². The second-order valence-corrected chi connectivity index (χ2v) is 8.68. The van der Waals surface area contributed by atoms with Gasteiger partial charge >= 0.3 is 0 Å². The smallest absolute Gasteiger partial charge is 0.243 e. The van der Waals surface area contributed by atoms with Crippen molar-refractivity contribution in [3.8, 4) is 0 Å². The van der Waals surface area contributed by atoms with Crippen LogP contribution in [0.2, 0.25) is 10.0 Å².